The topological polar surface area (TPSA) is 46.3 Å². The molecule has 0 saturated heterocycles. The lowest BCUT2D eigenvalue weighted by molar-refractivity contribution is -0.126. The van der Waals surface area contributed by atoms with E-state index in [1.165, 1.54) is 11.0 Å². The summed E-state index contributed by atoms with van der Waals surface area (Å²) in [5.74, 6) is -0.563. The molecule has 1 atom stereocenters. The maximum Gasteiger partial charge on any atom is 0.234 e. The number of halogens is 1. The number of carbonyl (C=O) groups excluding carboxylic acids is 1. The highest BCUT2D eigenvalue weighted by molar-refractivity contribution is 5.97. The Kier molecular flexibility index (Phi) is 4.23. The van der Waals surface area contributed by atoms with Gasteiger partial charge in [0.1, 0.15) is 5.82 Å². The predicted octanol–water partition coefficient (Wildman–Crippen LogP) is 2.16. The summed E-state index contributed by atoms with van der Waals surface area (Å²) in [6, 6.07) is 6.22. The van der Waals surface area contributed by atoms with E-state index in [1.807, 2.05) is 6.92 Å². The van der Waals surface area contributed by atoms with Gasteiger partial charge in [-0.2, -0.15) is 0 Å². The number of carbonyl (C=O) groups is 1. The van der Waals surface area contributed by atoms with Crippen LogP contribution in [-0.4, -0.2) is 19.5 Å². The van der Waals surface area contributed by atoms with Crippen LogP contribution in [0.5, 0.6) is 0 Å². The van der Waals surface area contributed by atoms with Crippen molar-refractivity contribution in [2.45, 2.75) is 20.3 Å². The summed E-state index contributed by atoms with van der Waals surface area (Å²) in [7, 11) is 1.57. The molecule has 0 spiro atoms. The van der Waals surface area contributed by atoms with Gasteiger partial charge < -0.3 is 10.6 Å². The molecule has 3 nitrogen and oxygen atoms in total. The van der Waals surface area contributed by atoms with E-state index in [-0.39, 0.29) is 18.1 Å². The van der Waals surface area contributed by atoms with Crippen LogP contribution in [-0.2, 0) is 4.79 Å². The Morgan fingerprint density at radius 1 is 1.47 bits per heavy atom. The van der Waals surface area contributed by atoms with Gasteiger partial charge >= 0.3 is 0 Å². The Morgan fingerprint density at radius 2 is 2.06 bits per heavy atom. The normalized spacial score (nSPS) is 14.2. The summed E-state index contributed by atoms with van der Waals surface area (Å²) in [5, 5.41) is 0. The van der Waals surface area contributed by atoms with Crippen LogP contribution in [0.15, 0.2) is 24.3 Å². The van der Waals surface area contributed by atoms with Gasteiger partial charge in [0.15, 0.2) is 0 Å². The molecule has 0 aliphatic carbocycles. The second-order valence-electron chi connectivity index (χ2n) is 4.43. The third-order valence-electron chi connectivity index (χ3n) is 3.27. The first-order valence-corrected chi connectivity index (χ1v) is 5.69. The van der Waals surface area contributed by atoms with E-state index in [0.29, 0.717) is 6.42 Å². The first-order valence-electron chi connectivity index (χ1n) is 5.69. The molecule has 0 aromatic heterocycles. The molecule has 0 heterocycles. The minimum absolute atomic E-state index is 0.160. The van der Waals surface area contributed by atoms with Gasteiger partial charge in [-0.15, -0.1) is 0 Å². The maximum absolute atomic E-state index is 13.6. The highest BCUT2D eigenvalue weighted by Gasteiger charge is 2.33. The molecule has 2 N–H and O–H groups in total. The molecule has 17 heavy (non-hydrogen) atoms. The molecule has 0 aliphatic rings. The van der Waals surface area contributed by atoms with Crippen LogP contribution in [0.4, 0.5) is 10.1 Å². The first-order chi connectivity index (χ1) is 7.96. The minimum atomic E-state index is -0.642. The summed E-state index contributed by atoms with van der Waals surface area (Å²) < 4.78 is 13.6. The standard InChI is InChI=1S/C13H19FN2O/c1-4-13(2,9-15)12(17)16(3)11-8-6-5-7-10(11)14/h5-8H,4,9,15H2,1-3H3. The number of amides is 1. The van der Waals surface area contributed by atoms with E-state index < -0.39 is 11.2 Å². The second-order valence-corrected chi connectivity index (χ2v) is 4.43. The quantitative estimate of drug-likeness (QED) is 0.873. The minimum Gasteiger partial charge on any atom is -0.329 e. The molecule has 0 saturated carbocycles. The molecule has 0 aliphatic heterocycles. The number of anilines is 1. The van der Waals surface area contributed by atoms with E-state index in [4.69, 9.17) is 5.73 Å². The summed E-state index contributed by atoms with van der Waals surface area (Å²) in [6.07, 6.45) is 0.626. The van der Waals surface area contributed by atoms with Gasteiger partial charge in [-0.05, 0) is 25.5 Å². The van der Waals surface area contributed by atoms with Crippen molar-refractivity contribution in [2.24, 2.45) is 11.1 Å². The predicted molar refractivity (Wildman–Crippen MR) is 67.3 cm³/mol. The number of rotatable bonds is 4. The van der Waals surface area contributed by atoms with E-state index in [1.54, 1.807) is 32.2 Å². The molecular formula is C13H19FN2O. The summed E-state index contributed by atoms with van der Waals surface area (Å²) >= 11 is 0. The van der Waals surface area contributed by atoms with Gasteiger partial charge in [0.2, 0.25) is 5.91 Å². The van der Waals surface area contributed by atoms with Gasteiger partial charge in [0.05, 0.1) is 11.1 Å². The van der Waals surface area contributed by atoms with Gasteiger partial charge in [0.25, 0.3) is 0 Å². The fraction of sp³-hybridized carbons (Fsp3) is 0.462. The van der Waals surface area contributed by atoms with Crippen LogP contribution in [0.25, 0.3) is 0 Å². The van der Waals surface area contributed by atoms with E-state index in [2.05, 4.69) is 0 Å². The van der Waals surface area contributed by atoms with Crippen molar-refractivity contribution in [1.29, 1.82) is 0 Å². The van der Waals surface area contributed by atoms with Crippen molar-refractivity contribution in [3.8, 4) is 0 Å². The molecule has 0 radical (unpaired) electrons. The van der Waals surface area contributed by atoms with E-state index >= 15 is 0 Å². The Bertz CT molecular complexity index is 402. The van der Waals surface area contributed by atoms with Crippen LogP contribution >= 0.6 is 0 Å². The smallest absolute Gasteiger partial charge is 0.234 e. The van der Waals surface area contributed by atoms with Crippen molar-refractivity contribution in [1.82, 2.24) is 0 Å². The van der Waals surface area contributed by atoms with Crippen molar-refractivity contribution >= 4 is 11.6 Å². The number of hydrogen-bond donors (Lipinski definition) is 1. The molecule has 1 aromatic rings. The summed E-state index contributed by atoms with van der Waals surface area (Å²) in [6.45, 7) is 3.95. The number of hydrogen-bond acceptors (Lipinski definition) is 2. The Labute approximate surface area is 101 Å². The Balaban J connectivity index is 3.02. The highest BCUT2D eigenvalue weighted by Crippen LogP contribution is 2.26. The van der Waals surface area contributed by atoms with Gasteiger partial charge in [-0.3, -0.25) is 4.79 Å². The molecule has 1 rings (SSSR count). The summed E-state index contributed by atoms with van der Waals surface area (Å²) in [5.41, 5.74) is 5.27. The first kappa shape index (κ1) is 13.6. The third-order valence-corrected chi connectivity index (χ3v) is 3.27. The summed E-state index contributed by atoms with van der Waals surface area (Å²) in [4.78, 5) is 13.6. The van der Waals surface area contributed by atoms with Crippen molar-refractivity contribution in [3.05, 3.63) is 30.1 Å². The Hall–Kier alpha value is -1.42. The monoisotopic (exact) mass is 238 g/mol. The number of para-hydroxylation sites is 1. The number of nitrogens with zero attached hydrogens (tertiary/aromatic N) is 1. The molecule has 1 unspecified atom stereocenters. The molecule has 0 bridgehead atoms. The second kappa shape index (κ2) is 5.27. The number of nitrogens with two attached hydrogens (primary N) is 1. The Morgan fingerprint density at radius 3 is 2.53 bits per heavy atom. The van der Waals surface area contributed by atoms with Crippen LogP contribution < -0.4 is 10.6 Å². The SMILES string of the molecule is CCC(C)(CN)C(=O)N(C)c1ccccc1F. The molecule has 94 valence electrons. The third kappa shape index (κ3) is 2.64. The largest absolute Gasteiger partial charge is 0.329 e. The van der Waals surface area contributed by atoms with Crippen LogP contribution in [0.3, 0.4) is 0 Å². The average molecular weight is 238 g/mol. The lowest BCUT2D eigenvalue weighted by atomic mass is 9.86. The van der Waals surface area contributed by atoms with Crippen LogP contribution in [0.1, 0.15) is 20.3 Å². The van der Waals surface area contributed by atoms with E-state index in [0.717, 1.165) is 0 Å². The van der Waals surface area contributed by atoms with Crippen molar-refractivity contribution in [2.75, 3.05) is 18.5 Å². The van der Waals surface area contributed by atoms with E-state index in [9.17, 15) is 9.18 Å². The molecule has 1 aromatic carbocycles. The highest BCUT2D eigenvalue weighted by atomic mass is 19.1. The molecule has 1 amide bonds. The van der Waals surface area contributed by atoms with Crippen molar-refractivity contribution < 1.29 is 9.18 Å². The van der Waals surface area contributed by atoms with Crippen molar-refractivity contribution in [3.63, 3.8) is 0 Å². The molecular weight excluding hydrogens is 219 g/mol. The fourth-order valence-corrected chi connectivity index (χ4v) is 1.62. The number of benzene rings is 1. The lowest BCUT2D eigenvalue weighted by Gasteiger charge is -2.30. The average Bonchev–Trinajstić information content (AvgIpc) is 2.36. The van der Waals surface area contributed by atoms with Gasteiger partial charge in [0, 0.05) is 13.6 Å². The van der Waals surface area contributed by atoms with Gasteiger partial charge in [-0.1, -0.05) is 19.1 Å². The maximum atomic E-state index is 13.6. The zero-order valence-corrected chi connectivity index (χ0v) is 10.5. The van der Waals surface area contributed by atoms with Crippen LogP contribution in [0.2, 0.25) is 0 Å². The molecule has 4 heteroatoms. The zero-order valence-electron chi connectivity index (χ0n) is 10.5. The fourth-order valence-electron chi connectivity index (χ4n) is 1.62. The molecule has 0 fully saturated rings. The van der Waals surface area contributed by atoms with Gasteiger partial charge in [-0.25, -0.2) is 4.39 Å². The van der Waals surface area contributed by atoms with Crippen LogP contribution in [0, 0.1) is 11.2 Å². The lowest BCUT2D eigenvalue weighted by Crippen LogP contribution is -2.44. The zero-order chi connectivity index (χ0) is 13.1.